The van der Waals surface area contributed by atoms with E-state index in [0.29, 0.717) is 5.00 Å². The van der Waals surface area contributed by atoms with Crippen LogP contribution in [0, 0.1) is 0 Å². The van der Waals surface area contributed by atoms with Crippen molar-refractivity contribution >= 4 is 28.2 Å². The van der Waals surface area contributed by atoms with Gasteiger partial charge in [-0.2, -0.15) is 0 Å². The summed E-state index contributed by atoms with van der Waals surface area (Å²) in [5.74, 6) is -1.27. The molecule has 1 aromatic carbocycles. The van der Waals surface area contributed by atoms with Crippen LogP contribution in [0.1, 0.15) is 49.9 Å². The molecule has 0 fully saturated rings. The van der Waals surface area contributed by atoms with Crippen LogP contribution in [0.3, 0.4) is 0 Å². The zero-order chi connectivity index (χ0) is 18.8. The Morgan fingerprint density at radius 3 is 2.63 bits per heavy atom. The lowest BCUT2D eigenvalue weighted by atomic mass is 9.80. The third-order valence-corrected chi connectivity index (χ3v) is 5.86. The van der Waals surface area contributed by atoms with Gasteiger partial charge in [0.25, 0.3) is 5.91 Å². The summed E-state index contributed by atoms with van der Waals surface area (Å²) in [6.07, 6.45) is 4.19. The van der Waals surface area contributed by atoms with E-state index in [2.05, 4.69) is 22.4 Å². The van der Waals surface area contributed by atoms with Crippen molar-refractivity contribution < 1.29 is 14.7 Å². The Kier molecular flexibility index (Phi) is 4.73. The highest BCUT2D eigenvalue weighted by molar-refractivity contribution is 7.15. The summed E-state index contributed by atoms with van der Waals surface area (Å²) >= 11 is 1.26. The van der Waals surface area contributed by atoms with Crippen LogP contribution in [0.15, 0.2) is 54.0 Å². The van der Waals surface area contributed by atoms with E-state index in [1.54, 1.807) is 18.2 Å². The molecule has 3 aromatic rings. The number of aromatic carboxylic acids is 1. The Morgan fingerprint density at radius 1 is 1.11 bits per heavy atom. The molecule has 1 aliphatic rings. The lowest BCUT2D eigenvalue weighted by Gasteiger charge is -2.24. The van der Waals surface area contributed by atoms with E-state index in [4.69, 9.17) is 0 Å². The summed E-state index contributed by atoms with van der Waals surface area (Å²) < 4.78 is 0. The fraction of sp³-hybridized carbons (Fsp3) is 0.190. The number of nitrogens with one attached hydrogen (secondary N) is 1. The molecule has 0 spiro atoms. The second-order valence-electron chi connectivity index (χ2n) is 6.58. The summed E-state index contributed by atoms with van der Waals surface area (Å²) in [6, 6.07) is 13.3. The zero-order valence-electron chi connectivity index (χ0n) is 14.5. The van der Waals surface area contributed by atoms with Crippen LogP contribution >= 0.6 is 11.3 Å². The number of thiophene rings is 1. The molecule has 0 bridgehead atoms. The molecule has 27 heavy (non-hydrogen) atoms. The van der Waals surface area contributed by atoms with Crippen LogP contribution in [-0.4, -0.2) is 22.0 Å². The molecule has 136 valence electrons. The van der Waals surface area contributed by atoms with Gasteiger partial charge < -0.3 is 10.4 Å². The van der Waals surface area contributed by atoms with E-state index in [0.717, 1.165) is 24.8 Å². The molecule has 0 saturated heterocycles. The van der Waals surface area contributed by atoms with Crippen molar-refractivity contribution in [3.05, 3.63) is 82.0 Å². The van der Waals surface area contributed by atoms with Gasteiger partial charge in [-0.1, -0.05) is 30.3 Å². The summed E-state index contributed by atoms with van der Waals surface area (Å²) in [6.45, 7) is 0. The fourth-order valence-corrected chi connectivity index (χ4v) is 4.64. The number of pyridine rings is 1. The number of amides is 1. The monoisotopic (exact) mass is 378 g/mol. The Balaban J connectivity index is 1.62. The SMILES string of the molecule is O=C(Nc1scc(C2CCc3ccccc3C2)c1C(=O)O)c1ccccn1. The molecule has 2 heterocycles. The van der Waals surface area contributed by atoms with E-state index in [1.807, 2.05) is 17.5 Å². The number of benzene rings is 1. The zero-order valence-corrected chi connectivity index (χ0v) is 15.3. The molecule has 0 aliphatic heterocycles. The third kappa shape index (κ3) is 3.48. The summed E-state index contributed by atoms with van der Waals surface area (Å²) in [4.78, 5) is 28.3. The van der Waals surface area contributed by atoms with E-state index in [1.165, 1.54) is 28.7 Å². The molecule has 1 atom stereocenters. The van der Waals surface area contributed by atoms with Gasteiger partial charge in [0.2, 0.25) is 0 Å². The molecule has 0 radical (unpaired) electrons. The number of aromatic nitrogens is 1. The number of nitrogens with zero attached hydrogens (tertiary/aromatic N) is 1. The predicted molar refractivity (Wildman–Crippen MR) is 105 cm³/mol. The summed E-state index contributed by atoms with van der Waals surface area (Å²) in [7, 11) is 0. The Labute approximate surface area is 160 Å². The number of rotatable bonds is 4. The normalized spacial score (nSPS) is 15.8. The Hall–Kier alpha value is -2.99. The highest BCUT2D eigenvalue weighted by Gasteiger charge is 2.28. The number of anilines is 1. The van der Waals surface area contributed by atoms with Crippen LogP contribution < -0.4 is 5.32 Å². The molecule has 6 heteroatoms. The first-order valence-electron chi connectivity index (χ1n) is 8.77. The number of aryl methyl sites for hydroxylation is 1. The van der Waals surface area contributed by atoms with Crippen molar-refractivity contribution in [1.29, 1.82) is 0 Å². The maximum Gasteiger partial charge on any atom is 0.339 e. The molecular formula is C21H18N2O3S. The van der Waals surface area contributed by atoms with E-state index in [9.17, 15) is 14.7 Å². The van der Waals surface area contributed by atoms with Gasteiger partial charge in [0.1, 0.15) is 10.7 Å². The van der Waals surface area contributed by atoms with Crippen LogP contribution in [0.4, 0.5) is 5.00 Å². The van der Waals surface area contributed by atoms with Crippen LogP contribution in [0.5, 0.6) is 0 Å². The minimum absolute atomic E-state index is 0.141. The average molecular weight is 378 g/mol. The van der Waals surface area contributed by atoms with Crippen molar-refractivity contribution in [2.75, 3.05) is 5.32 Å². The van der Waals surface area contributed by atoms with Gasteiger partial charge in [-0.15, -0.1) is 11.3 Å². The Morgan fingerprint density at radius 2 is 1.89 bits per heavy atom. The highest BCUT2D eigenvalue weighted by Crippen LogP contribution is 2.39. The van der Waals surface area contributed by atoms with Crippen molar-refractivity contribution in [2.24, 2.45) is 0 Å². The third-order valence-electron chi connectivity index (χ3n) is 4.94. The van der Waals surface area contributed by atoms with Gasteiger partial charge in [-0.25, -0.2) is 4.79 Å². The van der Waals surface area contributed by atoms with Gasteiger partial charge in [0.15, 0.2) is 0 Å². The van der Waals surface area contributed by atoms with Crippen molar-refractivity contribution in [3.8, 4) is 0 Å². The summed E-state index contributed by atoms with van der Waals surface area (Å²) in [5, 5.41) is 14.7. The largest absolute Gasteiger partial charge is 0.478 e. The number of fused-ring (bicyclic) bond motifs is 1. The smallest absolute Gasteiger partial charge is 0.339 e. The molecule has 4 rings (SSSR count). The minimum Gasteiger partial charge on any atom is -0.478 e. The van der Waals surface area contributed by atoms with Gasteiger partial charge in [-0.3, -0.25) is 9.78 Å². The standard InChI is InChI=1S/C21H18N2O3S/c24-19(17-7-3-4-10-22-17)23-20-18(21(25)26)16(12-27-20)15-9-8-13-5-1-2-6-14(13)11-15/h1-7,10,12,15H,8-9,11H2,(H,23,24)(H,25,26). The number of carboxylic acids is 1. The van der Waals surface area contributed by atoms with Crippen LogP contribution in [0.2, 0.25) is 0 Å². The molecular weight excluding hydrogens is 360 g/mol. The summed E-state index contributed by atoms with van der Waals surface area (Å²) in [5.41, 5.74) is 3.88. The van der Waals surface area contributed by atoms with E-state index in [-0.39, 0.29) is 17.2 Å². The number of carboxylic acid groups (broad SMARTS) is 1. The van der Waals surface area contributed by atoms with Crippen LogP contribution in [-0.2, 0) is 12.8 Å². The van der Waals surface area contributed by atoms with Crippen LogP contribution in [0.25, 0.3) is 0 Å². The Bertz CT molecular complexity index is 998. The maximum absolute atomic E-state index is 12.4. The first kappa shape index (κ1) is 17.4. The number of hydrogen-bond donors (Lipinski definition) is 2. The van der Waals surface area contributed by atoms with Crippen molar-refractivity contribution in [1.82, 2.24) is 4.98 Å². The molecule has 1 amide bonds. The fourth-order valence-electron chi connectivity index (χ4n) is 3.61. The lowest BCUT2D eigenvalue weighted by Crippen LogP contribution is -2.17. The second kappa shape index (κ2) is 7.32. The number of carbonyl (C=O) groups is 2. The highest BCUT2D eigenvalue weighted by atomic mass is 32.1. The average Bonchev–Trinajstić information content (AvgIpc) is 3.12. The molecule has 2 aromatic heterocycles. The first-order valence-corrected chi connectivity index (χ1v) is 9.65. The van der Waals surface area contributed by atoms with E-state index < -0.39 is 11.9 Å². The number of carbonyl (C=O) groups excluding carboxylic acids is 1. The predicted octanol–water partition coefficient (Wildman–Crippen LogP) is 4.37. The maximum atomic E-state index is 12.4. The quantitative estimate of drug-likeness (QED) is 0.707. The lowest BCUT2D eigenvalue weighted by molar-refractivity contribution is 0.0696. The van der Waals surface area contributed by atoms with Gasteiger partial charge >= 0.3 is 5.97 Å². The van der Waals surface area contributed by atoms with Crippen molar-refractivity contribution in [2.45, 2.75) is 25.2 Å². The molecule has 0 saturated carbocycles. The first-order chi connectivity index (χ1) is 13.1. The molecule has 1 aliphatic carbocycles. The topological polar surface area (TPSA) is 79.3 Å². The molecule has 2 N–H and O–H groups in total. The van der Waals surface area contributed by atoms with E-state index >= 15 is 0 Å². The second-order valence-corrected chi connectivity index (χ2v) is 7.46. The van der Waals surface area contributed by atoms with Gasteiger partial charge in [0.05, 0.1) is 5.56 Å². The van der Waals surface area contributed by atoms with Crippen molar-refractivity contribution in [3.63, 3.8) is 0 Å². The van der Waals surface area contributed by atoms with Gasteiger partial charge in [0, 0.05) is 6.20 Å². The number of hydrogen-bond acceptors (Lipinski definition) is 4. The van der Waals surface area contributed by atoms with Gasteiger partial charge in [-0.05, 0) is 59.4 Å². The molecule has 1 unspecified atom stereocenters. The minimum atomic E-state index is -1.01. The molecule has 5 nitrogen and oxygen atoms in total.